The van der Waals surface area contributed by atoms with E-state index in [1.165, 1.54) is 0 Å². The molecule has 16 heavy (non-hydrogen) atoms. The number of hydrogen-bond acceptors (Lipinski definition) is 8. The largest absolute Gasteiger partial charge is 0.392 e. The number of aliphatic hydroxyl groups is 1. The van der Waals surface area contributed by atoms with Crippen LogP contribution in [0.25, 0.3) is 0 Å². The zero-order chi connectivity index (χ0) is 12.1. The van der Waals surface area contributed by atoms with Gasteiger partial charge in [0, 0.05) is 6.54 Å². The lowest BCUT2D eigenvalue weighted by atomic mass is 10.4. The van der Waals surface area contributed by atoms with Gasteiger partial charge in [0.1, 0.15) is 6.20 Å². The van der Waals surface area contributed by atoms with Crippen LogP contribution in [0.15, 0.2) is 6.20 Å². The van der Waals surface area contributed by atoms with E-state index in [0.717, 1.165) is 6.20 Å². The van der Waals surface area contributed by atoms with Crippen LogP contribution < -0.4 is 16.6 Å². The molecular weight excluding hydrogens is 216 g/mol. The van der Waals surface area contributed by atoms with Crippen LogP contribution in [0.3, 0.4) is 0 Å². The number of anilines is 2. The third kappa shape index (κ3) is 3.00. The van der Waals surface area contributed by atoms with Crippen molar-refractivity contribution in [3.63, 3.8) is 0 Å². The molecule has 0 spiro atoms. The van der Waals surface area contributed by atoms with E-state index in [2.05, 4.69) is 20.7 Å². The fraction of sp³-hybridized carbons (Fsp3) is 0.429. The minimum atomic E-state index is -0.649. The standard InChI is InChI=1S/C7H12N6O3/c1-4(14)2-9-6-5(13(15)16)3-10-7(11-6)12-8/h3-4,14H,2,8H2,1H3,(H2,9,10,11,12). The first-order chi connectivity index (χ1) is 7.54. The van der Waals surface area contributed by atoms with E-state index >= 15 is 0 Å². The highest BCUT2D eigenvalue weighted by Gasteiger charge is 2.17. The molecule has 0 radical (unpaired) electrons. The second kappa shape index (κ2) is 5.19. The molecule has 1 heterocycles. The monoisotopic (exact) mass is 228 g/mol. The zero-order valence-electron chi connectivity index (χ0n) is 8.54. The van der Waals surface area contributed by atoms with Crippen molar-refractivity contribution in [1.29, 1.82) is 0 Å². The Labute approximate surface area is 90.8 Å². The first-order valence-corrected chi connectivity index (χ1v) is 4.44. The Morgan fingerprint density at radius 2 is 2.44 bits per heavy atom. The van der Waals surface area contributed by atoms with E-state index in [9.17, 15) is 10.1 Å². The van der Waals surface area contributed by atoms with Crippen LogP contribution in [0.5, 0.6) is 0 Å². The molecule has 0 aliphatic rings. The van der Waals surface area contributed by atoms with Gasteiger partial charge in [-0.05, 0) is 6.92 Å². The number of nitro groups is 1. The molecule has 1 aromatic heterocycles. The van der Waals surface area contributed by atoms with E-state index in [4.69, 9.17) is 10.9 Å². The third-order valence-electron chi connectivity index (χ3n) is 1.66. The van der Waals surface area contributed by atoms with E-state index in [1.54, 1.807) is 6.92 Å². The molecule has 0 saturated carbocycles. The third-order valence-corrected chi connectivity index (χ3v) is 1.66. The lowest BCUT2D eigenvalue weighted by Crippen LogP contribution is -2.18. The Balaban J connectivity index is 2.96. The molecule has 0 fully saturated rings. The summed E-state index contributed by atoms with van der Waals surface area (Å²) in [7, 11) is 0. The van der Waals surface area contributed by atoms with Gasteiger partial charge in [0.15, 0.2) is 0 Å². The Morgan fingerprint density at radius 1 is 1.75 bits per heavy atom. The lowest BCUT2D eigenvalue weighted by molar-refractivity contribution is -0.384. The highest BCUT2D eigenvalue weighted by atomic mass is 16.6. The van der Waals surface area contributed by atoms with Crippen LogP contribution in [0.2, 0.25) is 0 Å². The average Bonchev–Trinajstić information content (AvgIpc) is 2.25. The van der Waals surface area contributed by atoms with Crippen LogP contribution in [0.1, 0.15) is 6.92 Å². The van der Waals surface area contributed by atoms with Gasteiger partial charge in [-0.2, -0.15) is 4.98 Å². The number of aliphatic hydroxyl groups excluding tert-OH is 1. The Kier molecular flexibility index (Phi) is 3.91. The summed E-state index contributed by atoms with van der Waals surface area (Å²) < 4.78 is 0. The summed E-state index contributed by atoms with van der Waals surface area (Å²) in [6.45, 7) is 1.68. The highest BCUT2D eigenvalue weighted by molar-refractivity contribution is 5.56. The van der Waals surface area contributed by atoms with Gasteiger partial charge in [0.05, 0.1) is 11.0 Å². The normalized spacial score (nSPS) is 11.9. The van der Waals surface area contributed by atoms with Crippen molar-refractivity contribution in [2.24, 2.45) is 5.84 Å². The molecule has 1 aromatic rings. The molecule has 1 atom stereocenters. The van der Waals surface area contributed by atoms with Crippen LogP contribution in [-0.4, -0.2) is 32.6 Å². The molecule has 5 N–H and O–H groups in total. The van der Waals surface area contributed by atoms with Gasteiger partial charge in [-0.1, -0.05) is 0 Å². The number of nitrogen functional groups attached to an aromatic ring is 1. The number of nitrogens with zero attached hydrogens (tertiary/aromatic N) is 3. The summed E-state index contributed by atoms with van der Waals surface area (Å²) in [5, 5.41) is 22.3. The van der Waals surface area contributed by atoms with Crippen molar-refractivity contribution in [1.82, 2.24) is 9.97 Å². The maximum Gasteiger partial charge on any atom is 0.329 e. The predicted molar refractivity (Wildman–Crippen MR) is 56.7 cm³/mol. The van der Waals surface area contributed by atoms with Crippen molar-refractivity contribution >= 4 is 17.5 Å². The highest BCUT2D eigenvalue weighted by Crippen LogP contribution is 2.21. The molecule has 0 aliphatic carbocycles. The lowest BCUT2D eigenvalue weighted by Gasteiger charge is -2.08. The van der Waals surface area contributed by atoms with Crippen LogP contribution in [0, 0.1) is 10.1 Å². The zero-order valence-corrected chi connectivity index (χ0v) is 8.54. The molecule has 0 aliphatic heterocycles. The SMILES string of the molecule is CC(O)CNc1nc(NN)ncc1[N+](=O)[O-]. The van der Waals surface area contributed by atoms with Gasteiger partial charge < -0.3 is 10.4 Å². The second-order valence-electron chi connectivity index (χ2n) is 3.06. The molecule has 0 aromatic carbocycles. The maximum absolute atomic E-state index is 10.6. The van der Waals surface area contributed by atoms with Crippen molar-refractivity contribution in [2.75, 3.05) is 17.3 Å². The van der Waals surface area contributed by atoms with Crippen LogP contribution in [0.4, 0.5) is 17.5 Å². The summed E-state index contributed by atoms with van der Waals surface area (Å²) >= 11 is 0. The minimum Gasteiger partial charge on any atom is -0.392 e. The summed E-state index contributed by atoms with van der Waals surface area (Å²) in [5.74, 6) is 5.14. The summed E-state index contributed by atoms with van der Waals surface area (Å²) in [6, 6.07) is 0. The quantitative estimate of drug-likeness (QED) is 0.299. The topological polar surface area (TPSA) is 139 Å². The number of hydrazine groups is 1. The van der Waals surface area contributed by atoms with Gasteiger partial charge >= 0.3 is 5.69 Å². The molecule has 1 unspecified atom stereocenters. The predicted octanol–water partition coefficient (Wildman–Crippen LogP) is -0.537. The van der Waals surface area contributed by atoms with Gasteiger partial charge in [-0.25, -0.2) is 10.8 Å². The first-order valence-electron chi connectivity index (χ1n) is 4.44. The van der Waals surface area contributed by atoms with Gasteiger partial charge in [0.25, 0.3) is 0 Å². The number of nitrogens with one attached hydrogen (secondary N) is 2. The molecule has 88 valence electrons. The molecule has 0 bridgehead atoms. The van der Waals surface area contributed by atoms with Crippen molar-refractivity contribution in [3.05, 3.63) is 16.3 Å². The van der Waals surface area contributed by atoms with E-state index in [1.807, 2.05) is 0 Å². The Morgan fingerprint density at radius 3 is 2.94 bits per heavy atom. The fourth-order valence-electron chi connectivity index (χ4n) is 0.953. The van der Waals surface area contributed by atoms with Crippen molar-refractivity contribution in [3.8, 4) is 0 Å². The number of aromatic nitrogens is 2. The average molecular weight is 228 g/mol. The summed E-state index contributed by atoms with van der Waals surface area (Å²) in [6.07, 6.45) is 0.385. The fourth-order valence-corrected chi connectivity index (χ4v) is 0.953. The van der Waals surface area contributed by atoms with Gasteiger partial charge in [-0.15, -0.1) is 0 Å². The van der Waals surface area contributed by atoms with E-state index in [-0.39, 0.29) is 24.0 Å². The van der Waals surface area contributed by atoms with Crippen molar-refractivity contribution < 1.29 is 10.0 Å². The van der Waals surface area contributed by atoms with E-state index in [0.29, 0.717) is 0 Å². The van der Waals surface area contributed by atoms with Crippen LogP contribution >= 0.6 is 0 Å². The van der Waals surface area contributed by atoms with Gasteiger partial charge in [-0.3, -0.25) is 15.5 Å². The second-order valence-corrected chi connectivity index (χ2v) is 3.06. The number of hydrogen-bond donors (Lipinski definition) is 4. The molecule has 0 amide bonds. The first kappa shape index (κ1) is 12.1. The van der Waals surface area contributed by atoms with E-state index < -0.39 is 11.0 Å². The molecule has 0 saturated heterocycles. The molecule has 9 heteroatoms. The summed E-state index contributed by atoms with van der Waals surface area (Å²) in [5.41, 5.74) is 1.90. The maximum atomic E-state index is 10.6. The number of nitrogens with two attached hydrogens (primary N) is 1. The molecular formula is C7H12N6O3. The number of rotatable bonds is 5. The Hall–Kier alpha value is -2.00. The molecule has 9 nitrogen and oxygen atoms in total. The Bertz CT molecular complexity index is 382. The van der Waals surface area contributed by atoms with Crippen molar-refractivity contribution in [2.45, 2.75) is 13.0 Å². The summed E-state index contributed by atoms with van der Waals surface area (Å²) in [4.78, 5) is 17.4. The van der Waals surface area contributed by atoms with Gasteiger partial charge in [0.2, 0.25) is 11.8 Å². The molecule has 1 rings (SSSR count). The minimum absolute atomic E-state index is 0.00819. The van der Waals surface area contributed by atoms with Crippen LogP contribution in [-0.2, 0) is 0 Å². The smallest absolute Gasteiger partial charge is 0.329 e.